The predicted molar refractivity (Wildman–Crippen MR) is 75.8 cm³/mol. The first-order chi connectivity index (χ1) is 8.61. The van der Waals surface area contributed by atoms with Gasteiger partial charge in [-0.05, 0) is 18.9 Å². The first kappa shape index (κ1) is 14.9. The fourth-order valence-electron chi connectivity index (χ4n) is 1.64. The molecule has 0 heterocycles. The van der Waals surface area contributed by atoms with E-state index in [1.54, 1.807) is 0 Å². The molecule has 0 aliphatic rings. The Hall–Kier alpha value is -1.16. The summed E-state index contributed by atoms with van der Waals surface area (Å²) in [7, 11) is -1.13. The average Bonchev–Trinajstić information content (AvgIpc) is 2.29. The van der Waals surface area contributed by atoms with Gasteiger partial charge in [0, 0.05) is 23.1 Å². The number of nitrogens with one attached hydrogen (secondary N) is 1. The minimum Gasteiger partial charge on any atom is -0.355 e. The molecule has 0 fully saturated rings. The monoisotopic (exact) mass is 267 g/mol. The van der Waals surface area contributed by atoms with E-state index < -0.39 is 10.8 Å². The molecule has 1 unspecified atom stereocenters. The Kier molecular flexibility index (Phi) is 6.65. The van der Waals surface area contributed by atoms with Crippen LogP contribution in [-0.4, -0.2) is 22.4 Å². The highest BCUT2D eigenvalue weighted by atomic mass is 32.2. The summed E-state index contributed by atoms with van der Waals surface area (Å²) in [4.78, 5) is 11.5. The topological polar surface area (TPSA) is 46.2 Å². The van der Waals surface area contributed by atoms with Gasteiger partial charge in [0.2, 0.25) is 5.91 Å². The van der Waals surface area contributed by atoms with Crippen LogP contribution in [0.5, 0.6) is 0 Å². The summed E-state index contributed by atoms with van der Waals surface area (Å²) in [6, 6.07) is 7.90. The zero-order valence-corrected chi connectivity index (χ0v) is 11.9. The number of hydrogen-bond acceptors (Lipinski definition) is 2. The Morgan fingerprint density at radius 3 is 2.83 bits per heavy atom. The molecule has 0 aromatic heterocycles. The maximum absolute atomic E-state index is 11.8. The van der Waals surface area contributed by atoms with Crippen molar-refractivity contribution in [3.8, 4) is 0 Å². The van der Waals surface area contributed by atoms with E-state index in [1.165, 1.54) is 0 Å². The molecule has 0 aliphatic carbocycles. The number of unbranched alkanes of at least 4 members (excludes halogenated alkanes) is 1. The Balaban J connectivity index is 2.35. The number of aryl methyl sites for hydroxylation is 1. The quantitative estimate of drug-likeness (QED) is 0.770. The van der Waals surface area contributed by atoms with Crippen LogP contribution in [0.15, 0.2) is 24.3 Å². The number of hydrogen-bond donors (Lipinski definition) is 1. The Morgan fingerprint density at radius 1 is 1.39 bits per heavy atom. The van der Waals surface area contributed by atoms with Crippen LogP contribution in [0.2, 0.25) is 0 Å². The summed E-state index contributed by atoms with van der Waals surface area (Å²) in [5.41, 5.74) is 2.17. The Morgan fingerprint density at radius 2 is 2.17 bits per heavy atom. The van der Waals surface area contributed by atoms with Gasteiger partial charge in [-0.3, -0.25) is 9.00 Å². The lowest BCUT2D eigenvalue weighted by Gasteiger charge is -2.05. The van der Waals surface area contributed by atoms with Gasteiger partial charge in [-0.25, -0.2) is 0 Å². The van der Waals surface area contributed by atoms with Gasteiger partial charge in [0.1, 0.15) is 5.75 Å². The molecule has 1 N–H and O–H groups in total. The molecule has 1 aromatic rings. The highest BCUT2D eigenvalue weighted by Crippen LogP contribution is 2.06. The second-order valence-electron chi connectivity index (χ2n) is 4.42. The summed E-state index contributed by atoms with van der Waals surface area (Å²) in [6.07, 6.45) is 2.02. The van der Waals surface area contributed by atoms with Gasteiger partial charge in [-0.1, -0.05) is 43.2 Å². The van der Waals surface area contributed by atoms with Crippen LogP contribution >= 0.6 is 0 Å². The molecule has 0 spiro atoms. The minimum atomic E-state index is -1.13. The number of carbonyl (C=O) groups excluding carboxylic acids is 1. The van der Waals surface area contributed by atoms with E-state index in [1.807, 2.05) is 31.2 Å². The zero-order chi connectivity index (χ0) is 13.4. The molecular weight excluding hydrogens is 246 g/mol. The highest BCUT2D eigenvalue weighted by Gasteiger charge is 2.08. The second-order valence-corrected chi connectivity index (χ2v) is 5.88. The van der Waals surface area contributed by atoms with E-state index in [4.69, 9.17) is 0 Å². The van der Waals surface area contributed by atoms with Crippen molar-refractivity contribution in [3.63, 3.8) is 0 Å². The lowest BCUT2D eigenvalue weighted by Crippen LogP contribution is -2.29. The predicted octanol–water partition coefficient (Wildman–Crippen LogP) is 2.16. The van der Waals surface area contributed by atoms with Gasteiger partial charge in [0.25, 0.3) is 0 Å². The molecule has 100 valence electrons. The van der Waals surface area contributed by atoms with Gasteiger partial charge in [0.15, 0.2) is 0 Å². The van der Waals surface area contributed by atoms with Crippen molar-refractivity contribution >= 4 is 16.7 Å². The summed E-state index contributed by atoms with van der Waals surface area (Å²) >= 11 is 0. The van der Waals surface area contributed by atoms with Crippen molar-refractivity contribution in [2.75, 3.05) is 12.3 Å². The van der Waals surface area contributed by atoms with E-state index in [0.29, 0.717) is 12.3 Å². The maximum atomic E-state index is 11.8. The summed E-state index contributed by atoms with van der Waals surface area (Å²) < 4.78 is 11.8. The third-order valence-electron chi connectivity index (χ3n) is 2.55. The lowest BCUT2D eigenvalue weighted by molar-refractivity contribution is -0.118. The fraction of sp³-hybridized carbons (Fsp3) is 0.500. The first-order valence-electron chi connectivity index (χ1n) is 6.29. The van der Waals surface area contributed by atoms with Gasteiger partial charge in [-0.15, -0.1) is 0 Å². The van der Waals surface area contributed by atoms with Gasteiger partial charge in [0.05, 0.1) is 0 Å². The third kappa shape index (κ3) is 5.96. The maximum Gasteiger partial charge on any atom is 0.232 e. The zero-order valence-electron chi connectivity index (χ0n) is 11.1. The molecule has 0 bridgehead atoms. The van der Waals surface area contributed by atoms with E-state index >= 15 is 0 Å². The van der Waals surface area contributed by atoms with Crippen molar-refractivity contribution < 1.29 is 9.00 Å². The summed E-state index contributed by atoms with van der Waals surface area (Å²) in [5, 5.41) is 2.78. The summed E-state index contributed by atoms with van der Waals surface area (Å²) in [5.74, 6) is 0.426. The normalized spacial score (nSPS) is 12.1. The van der Waals surface area contributed by atoms with Gasteiger partial charge < -0.3 is 5.32 Å². The smallest absolute Gasteiger partial charge is 0.232 e. The molecule has 18 heavy (non-hydrogen) atoms. The first-order valence-corrected chi connectivity index (χ1v) is 7.78. The second kappa shape index (κ2) is 8.03. The fourth-order valence-corrected chi connectivity index (χ4v) is 2.69. The van der Waals surface area contributed by atoms with Crippen LogP contribution in [0.3, 0.4) is 0 Å². The number of carbonyl (C=O) groups is 1. The van der Waals surface area contributed by atoms with Gasteiger partial charge in [-0.2, -0.15) is 0 Å². The van der Waals surface area contributed by atoms with E-state index in [9.17, 15) is 9.00 Å². The summed E-state index contributed by atoms with van der Waals surface area (Å²) in [6.45, 7) is 4.75. The lowest BCUT2D eigenvalue weighted by atomic mass is 10.2. The van der Waals surface area contributed by atoms with Crippen molar-refractivity contribution in [2.24, 2.45) is 0 Å². The number of rotatable bonds is 7. The molecular formula is C14H21NO2S. The number of benzene rings is 1. The molecule has 0 radical (unpaired) electrons. The molecule has 1 aromatic carbocycles. The molecule has 1 atom stereocenters. The van der Waals surface area contributed by atoms with Crippen LogP contribution in [0.4, 0.5) is 0 Å². The standard InChI is InChI=1S/C14H21NO2S/c1-3-4-8-15-14(16)11-18(17)10-13-7-5-6-12(2)9-13/h5-7,9H,3-4,8,10-11H2,1-2H3,(H,15,16). The molecule has 0 aliphatic heterocycles. The van der Waals surface area contributed by atoms with Crippen LogP contribution in [0.25, 0.3) is 0 Å². The van der Waals surface area contributed by atoms with Crippen LogP contribution in [0, 0.1) is 6.92 Å². The molecule has 4 heteroatoms. The highest BCUT2D eigenvalue weighted by molar-refractivity contribution is 7.84. The van der Waals surface area contributed by atoms with Crippen LogP contribution in [-0.2, 0) is 21.3 Å². The van der Waals surface area contributed by atoms with Crippen molar-refractivity contribution in [1.82, 2.24) is 5.32 Å². The average molecular weight is 267 g/mol. The molecule has 3 nitrogen and oxygen atoms in total. The Labute approximate surface area is 111 Å². The SMILES string of the molecule is CCCCNC(=O)CS(=O)Cc1cccc(C)c1. The van der Waals surface area contributed by atoms with Crippen LogP contribution in [0.1, 0.15) is 30.9 Å². The third-order valence-corrected chi connectivity index (χ3v) is 3.79. The molecule has 0 saturated carbocycles. The van der Waals surface area contributed by atoms with Crippen molar-refractivity contribution in [2.45, 2.75) is 32.4 Å². The van der Waals surface area contributed by atoms with Gasteiger partial charge >= 0.3 is 0 Å². The van der Waals surface area contributed by atoms with E-state index in [-0.39, 0.29) is 11.7 Å². The number of amides is 1. The van der Waals surface area contributed by atoms with Crippen molar-refractivity contribution in [1.29, 1.82) is 0 Å². The minimum absolute atomic E-state index is 0.0949. The molecule has 1 rings (SSSR count). The molecule has 0 saturated heterocycles. The van der Waals surface area contributed by atoms with E-state index in [0.717, 1.165) is 24.0 Å². The largest absolute Gasteiger partial charge is 0.355 e. The van der Waals surface area contributed by atoms with Crippen molar-refractivity contribution in [3.05, 3.63) is 35.4 Å². The van der Waals surface area contributed by atoms with E-state index in [2.05, 4.69) is 12.2 Å². The molecule has 1 amide bonds. The Bertz CT molecular complexity index is 418. The van der Waals surface area contributed by atoms with Crippen LogP contribution < -0.4 is 5.32 Å².